The molecule has 1 heterocycles. The summed E-state index contributed by atoms with van der Waals surface area (Å²) < 4.78 is 102. The van der Waals surface area contributed by atoms with Crippen molar-refractivity contribution in [2.24, 2.45) is 5.92 Å². The Morgan fingerprint density at radius 3 is 2.23 bits per heavy atom. The van der Waals surface area contributed by atoms with E-state index in [1.54, 1.807) is 18.2 Å². The van der Waals surface area contributed by atoms with Gasteiger partial charge >= 0.3 is 24.5 Å². The van der Waals surface area contributed by atoms with Crippen LogP contribution in [0.1, 0.15) is 76.8 Å². The number of fused-ring (bicyclic) bond motifs is 1. The molecule has 0 aliphatic carbocycles. The zero-order valence-electron chi connectivity index (χ0n) is 27.9. The average molecular weight is 686 g/mol. The highest BCUT2D eigenvalue weighted by Gasteiger charge is 2.52. The third-order valence-corrected chi connectivity index (χ3v) is 7.68. The van der Waals surface area contributed by atoms with E-state index in [9.17, 15) is 31.1 Å². The molecule has 0 radical (unpaired) electrons. The molecule has 48 heavy (non-hydrogen) atoms. The van der Waals surface area contributed by atoms with Gasteiger partial charge in [0.15, 0.2) is 0 Å². The molecule has 0 bridgehead atoms. The van der Waals surface area contributed by atoms with E-state index in [4.69, 9.17) is 4.74 Å². The molecule has 0 atom stereocenters. The largest absolute Gasteiger partial charge is 0.494 e. The number of aromatic nitrogens is 1. The van der Waals surface area contributed by atoms with E-state index in [0.717, 1.165) is 59.8 Å². The number of benzene rings is 2. The van der Waals surface area contributed by atoms with Crippen molar-refractivity contribution in [2.75, 3.05) is 13.2 Å². The van der Waals surface area contributed by atoms with Crippen molar-refractivity contribution in [3.63, 3.8) is 0 Å². The molecular formula is C36H45F6NO5. The monoisotopic (exact) mass is 685 g/mol. The molecule has 0 spiro atoms. The Morgan fingerprint density at radius 1 is 0.917 bits per heavy atom. The molecule has 0 N–H and O–H groups in total. The Labute approximate surface area is 278 Å². The first-order valence-corrected chi connectivity index (χ1v) is 16.2. The number of aryl methyl sites for hydroxylation is 3. The minimum atomic E-state index is -5.35. The van der Waals surface area contributed by atoms with E-state index in [1.807, 2.05) is 0 Å². The van der Waals surface area contributed by atoms with E-state index in [1.165, 1.54) is 12.0 Å². The Morgan fingerprint density at radius 2 is 1.60 bits per heavy atom. The van der Waals surface area contributed by atoms with Gasteiger partial charge in [0.2, 0.25) is 0 Å². The Hall–Kier alpha value is -3.51. The highest BCUT2D eigenvalue weighted by molar-refractivity contribution is 5.88. The highest BCUT2D eigenvalue weighted by atomic mass is 19.3. The quantitative estimate of drug-likeness (QED) is 0.0367. The molecule has 0 aliphatic heterocycles. The van der Waals surface area contributed by atoms with Crippen molar-refractivity contribution in [2.45, 2.75) is 104 Å². The van der Waals surface area contributed by atoms with E-state index < -0.39 is 50.5 Å². The van der Waals surface area contributed by atoms with Crippen molar-refractivity contribution in [1.82, 2.24) is 4.57 Å². The van der Waals surface area contributed by atoms with Crippen LogP contribution in [0.5, 0.6) is 5.75 Å². The summed E-state index contributed by atoms with van der Waals surface area (Å²) in [7, 11) is 0. The van der Waals surface area contributed by atoms with Crippen LogP contribution in [0.2, 0.25) is 0 Å². The van der Waals surface area contributed by atoms with Crippen molar-refractivity contribution >= 4 is 16.9 Å². The summed E-state index contributed by atoms with van der Waals surface area (Å²) in [5, 5.41) is 0.916. The summed E-state index contributed by atoms with van der Waals surface area (Å²) in [6, 6.07) is 13.7. The van der Waals surface area contributed by atoms with Gasteiger partial charge in [-0.25, -0.2) is 14.3 Å². The third kappa shape index (κ3) is 12.2. The maximum absolute atomic E-state index is 14.3. The fourth-order valence-corrected chi connectivity index (χ4v) is 5.28. The maximum atomic E-state index is 14.3. The molecule has 3 aromatic rings. The highest BCUT2D eigenvalue weighted by Crippen LogP contribution is 2.37. The number of carbonyl (C=O) groups excluding carboxylic acids is 1. The predicted octanol–water partition coefficient (Wildman–Crippen LogP) is 10.4. The standard InChI is InChI=1S/C36H45F6NO5/c1-6-8-9-12-27-13-16-30(26(5)22-27)32-23-28-14-15-29(24-31(28)43(32)19-10-11-25(3)4)45-20-17-34(37,38)47-36(41,42)48-35(39,40)18-21-46-33(44)7-2/h7,13-16,22-25H,2,6,8-12,17-21H2,1,3-5H3. The van der Waals surface area contributed by atoms with Gasteiger partial charge in [-0.3, -0.25) is 0 Å². The van der Waals surface area contributed by atoms with Gasteiger partial charge in [-0.2, -0.15) is 17.6 Å². The first-order valence-electron chi connectivity index (χ1n) is 16.2. The molecule has 3 rings (SSSR count). The Kier molecular flexibility index (Phi) is 14.0. The lowest BCUT2D eigenvalue weighted by molar-refractivity contribution is -0.514. The summed E-state index contributed by atoms with van der Waals surface area (Å²) in [5.74, 6) is -0.343. The van der Waals surface area contributed by atoms with E-state index in [0.29, 0.717) is 18.5 Å². The van der Waals surface area contributed by atoms with Crippen LogP contribution in [0.3, 0.4) is 0 Å². The molecular weight excluding hydrogens is 640 g/mol. The number of halogens is 6. The van der Waals surface area contributed by atoms with Gasteiger partial charge < -0.3 is 14.0 Å². The van der Waals surface area contributed by atoms with Crippen LogP contribution in [0.4, 0.5) is 26.3 Å². The summed E-state index contributed by atoms with van der Waals surface area (Å²) in [6.45, 7) is 10.5. The molecule has 0 saturated heterocycles. The Bertz CT molecular complexity index is 1500. The van der Waals surface area contributed by atoms with E-state index in [2.05, 4.69) is 77.3 Å². The molecule has 0 saturated carbocycles. The van der Waals surface area contributed by atoms with Crippen LogP contribution >= 0.6 is 0 Å². The number of hydrogen-bond acceptors (Lipinski definition) is 5. The van der Waals surface area contributed by atoms with Crippen molar-refractivity contribution in [3.05, 3.63) is 66.2 Å². The van der Waals surface area contributed by atoms with E-state index >= 15 is 0 Å². The molecule has 0 fully saturated rings. The zero-order chi connectivity index (χ0) is 35.5. The van der Waals surface area contributed by atoms with Crippen LogP contribution in [-0.2, 0) is 32.0 Å². The van der Waals surface area contributed by atoms with Gasteiger partial charge in [0.25, 0.3) is 0 Å². The fourth-order valence-electron chi connectivity index (χ4n) is 5.28. The summed E-state index contributed by atoms with van der Waals surface area (Å²) in [5.41, 5.74) is 5.35. The molecule has 266 valence electrons. The summed E-state index contributed by atoms with van der Waals surface area (Å²) in [6.07, 6.45) is -10.4. The molecule has 0 unspecified atom stereocenters. The first kappa shape index (κ1) is 38.9. The van der Waals surface area contributed by atoms with Crippen LogP contribution < -0.4 is 4.74 Å². The first-order chi connectivity index (χ1) is 22.5. The number of alkyl halides is 6. The molecule has 6 nitrogen and oxygen atoms in total. The van der Waals surface area contributed by atoms with Crippen molar-refractivity contribution in [3.8, 4) is 17.0 Å². The normalized spacial score (nSPS) is 12.6. The molecule has 1 aromatic heterocycles. The SMILES string of the molecule is C=CC(=O)OCCC(F)(F)OC(F)(F)OC(F)(F)CCOc1ccc2cc(-c3ccc(CCCCC)cc3C)n(CCCC(C)C)c2c1. The second-order valence-corrected chi connectivity index (χ2v) is 12.2. The second kappa shape index (κ2) is 17.2. The van der Waals surface area contributed by atoms with Gasteiger partial charge in [-0.05, 0) is 67.9 Å². The van der Waals surface area contributed by atoms with Gasteiger partial charge in [0, 0.05) is 35.3 Å². The van der Waals surface area contributed by atoms with Crippen LogP contribution in [0.25, 0.3) is 22.2 Å². The van der Waals surface area contributed by atoms with Gasteiger partial charge in [0.05, 0.1) is 31.6 Å². The minimum Gasteiger partial charge on any atom is -0.493 e. The Balaban J connectivity index is 1.72. The number of esters is 1. The van der Waals surface area contributed by atoms with Gasteiger partial charge in [-0.15, -0.1) is 8.78 Å². The number of unbranched alkanes of at least 4 members (excludes halogenated alkanes) is 2. The number of hydrogen-bond donors (Lipinski definition) is 0. The third-order valence-electron chi connectivity index (χ3n) is 7.68. The second-order valence-electron chi connectivity index (χ2n) is 12.2. The minimum absolute atomic E-state index is 0.222. The predicted molar refractivity (Wildman–Crippen MR) is 172 cm³/mol. The van der Waals surface area contributed by atoms with Crippen LogP contribution in [-0.4, -0.2) is 42.3 Å². The fraction of sp³-hybridized carbons (Fsp3) is 0.528. The molecule has 2 aromatic carbocycles. The lowest BCUT2D eigenvalue weighted by Crippen LogP contribution is -2.41. The lowest BCUT2D eigenvalue weighted by Gasteiger charge is -2.26. The molecule has 0 amide bonds. The maximum Gasteiger partial charge on any atom is 0.494 e. The van der Waals surface area contributed by atoms with Crippen molar-refractivity contribution < 1.29 is 50.1 Å². The molecule has 0 aliphatic rings. The number of rotatable bonds is 21. The average Bonchev–Trinajstić information content (AvgIpc) is 3.33. The van der Waals surface area contributed by atoms with Crippen LogP contribution in [0, 0.1) is 12.8 Å². The number of carbonyl (C=O) groups is 1. The van der Waals surface area contributed by atoms with Gasteiger partial charge in [-0.1, -0.05) is 58.4 Å². The number of nitrogens with zero attached hydrogens (tertiary/aromatic N) is 1. The van der Waals surface area contributed by atoms with Crippen molar-refractivity contribution in [1.29, 1.82) is 0 Å². The van der Waals surface area contributed by atoms with Gasteiger partial charge in [0.1, 0.15) is 5.75 Å². The topological polar surface area (TPSA) is 58.9 Å². The smallest absolute Gasteiger partial charge is 0.493 e. The van der Waals surface area contributed by atoms with E-state index in [-0.39, 0.29) is 5.75 Å². The summed E-state index contributed by atoms with van der Waals surface area (Å²) in [4.78, 5) is 10.9. The van der Waals surface area contributed by atoms with Crippen LogP contribution in [0.15, 0.2) is 55.1 Å². The number of ether oxygens (including phenoxy) is 4. The zero-order valence-corrected chi connectivity index (χ0v) is 27.9. The summed E-state index contributed by atoms with van der Waals surface area (Å²) >= 11 is 0. The lowest BCUT2D eigenvalue weighted by atomic mass is 9.99. The molecule has 12 heteroatoms.